The minimum absolute atomic E-state index is 0.0938. The summed E-state index contributed by atoms with van der Waals surface area (Å²) in [7, 11) is 2.13. The molecule has 0 radical (unpaired) electrons. The highest BCUT2D eigenvalue weighted by atomic mass is 35.5. The number of fused-ring (bicyclic) bond motifs is 1. The zero-order valence-corrected chi connectivity index (χ0v) is 16.8. The molecule has 4 rings (SSSR count). The summed E-state index contributed by atoms with van der Waals surface area (Å²) < 4.78 is 1.93. The number of likely N-dealkylation sites (tertiary alicyclic amines) is 1. The Hall–Kier alpha value is -1.69. The number of benzene rings is 1. The number of aryl methyl sites for hydroxylation is 2. The van der Waals surface area contributed by atoms with Crippen LogP contribution in [0.5, 0.6) is 0 Å². The van der Waals surface area contributed by atoms with Gasteiger partial charge in [-0.05, 0) is 64.5 Å². The average Bonchev–Trinajstić information content (AvgIpc) is 2.93. The number of hydrogen-bond donors (Lipinski definition) is 0. The maximum absolute atomic E-state index is 13.5. The summed E-state index contributed by atoms with van der Waals surface area (Å²) in [5.41, 5.74) is 2.12. The minimum Gasteiger partial charge on any atom is -0.306 e. The predicted molar refractivity (Wildman–Crippen MR) is 110 cm³/mol. The van der Waals surface area contributed by atoms with Gasteiger partial charge >= 0.3 is 0 Å². The van der Waals surface area contributed by atoms with Crippen LogP contribution in [0.1, 0.15) is 29.6 Å². The van der Waals surface area contributed by atoms with Crippen LogP contribution in [-0.2, 0) is 0 Å². The van der Waals surface area contributed by atoms with Crippen LogP contribution in [0.25, 0.3) is 21.3 Å². The molecule has 0 unspecified atom stereocenters. The summed E-state index contributed by atoms with van der Waals surface area (Å²) in [6.07, 6.45) is 1.98. The molecule has 1 aliphatic heterocycles. The van der Waals surface area contributed by atoms with E-state index in [0.717, 1.165) is 58.0 Å². The van der Waals surface area contributed by atoms with Gasteiger partial charge in [-0.15, -0.1) is 11.3 Å². The van der Waals surface area contributed by atoms with Crippen molar-refractivity contribution in [2.24, 2.45) is 0 Å². The van der Waals surface area contributed by atoms with Crippen molar-refractivity contribution in [3.63, 3.8) is 0 Å². The first-order chi connectivity index (χ1) is 12.5. The van der Waals surface area contributed by atoms with E-state index in [9.17, 15) is 4.79 Å². The van der Waals surface area contributed by atoms with Crippen molar-refractivity contribution >= 4 is 33.2 Å². The van der Waals surface area contributed by atoms with Gasteiger partial charge < -0.3 is 4.90 Å². The van der Waals surface area contributed by atoms with Gasteiger partial charge in [0.15, 0.2) is 0 Å². The van der Waals surface area contributed by atoms with Crippen molar-refractivity contribution in [2.75, 3.05) is 20.1 Å². The number of thiophene rings is 1. The van der Waals surface area contributed by atoms with E-state index in [1.807, 2.05) is 35.8 Å². The van der Waals surface area contributed by atoms with E-state index in [1.165, 1.54) is 0 Å². The van der Waals surface area contributed by atoms with Crippen LogP contribution in [0.2, 0.25) is 5.02 Å². The predicted octanol–water partition coefficient (Wildman–Crippen LogP) is 4.66. The monoisotopic (exact) mass is 387 g/mol. The van der Waals surface area contributed by atoms with Crippen molar-refractivity contribution in [3.8, 4) is 11.1 Å². The van der Waals surface area contributed by atoms with Crippen LogP contribution in [-0.4, -0.2) is 34.6 Å². The Morgan fingerprint density at radius 1 is 1.15 bits per heavy atom. The number of piperidine rings is 1. The van der Waals surface area contributed by atoms with Crippen LogP contribution < -0.4 is 5.56 Å². The topological polar surface area (TPSA) is 38.1 Å². The Kier molecular flexibility index (Phi) is 4.63. The highest BCUT2D eigenvalue weighted by molar-refractivity contribution is 7.19. The number of rotatable bonds is 2. The van der Waals surface area contributed by atoms with Gasteiger partial charge in [-0.2, -0.15) is 0 Å². The van der Waals surface area contributed by atoms with Crippen LogP contribution in [0.4, 0.5) is 0 Å². The molecular weight excluding hydrogens is 366 g/mol. The summed E-state index contributed by atoms with van der Waals surface area (Å²) in [5, 5.41) is 1.45. The Labute approximate surface area is 162 Å². The molecular formula is C20H22ClN3OS. The third-order valence-electron chi connectivity index (χ3n) is 5.30. The standard InChI is InChI=1S/C20H22ClN3OS/c1-12-17(14-4-6-15(21)7-5-14)18-19(26-12)22-13(2)24(20(18)25)16-8-10-23(3)11-9-16/h4-7,16H,8-11H2,1-3H3. The molecule has 1 aliphatic rings. The van der Waals surface area contributed by atoms with Crippen molar-refractivity contribution < 1.29 is 0 Å². The first kappa shape index (κ1) is 17.7. The van der Waals surface area contributed by atoms with Gasteiger partial charge in [0.1, 0.15) is 10.7 Å². The molecule has 0 amide bonds. The number of halogens is 1. The van der Waals surface area contributed by atoms with E-state index in [4.69, 9.17) is 16.6 Å². The lowest BCUT2D eigenvalue weighted by molar-refractivity contribution is 0.216. The molecule has 136 valence electrons. The molecule has 0 aliphatic carbocycles. The first-order valence-electron chi connectivity index (χ1n) is 8.92. The number of aromatic nitrogens is 2. The average molecular weight is 388 g/mol. The van der Waals surface area contributed by atoms with E-state index >= 15 is 0 Å². The number of nitrogens with zero attached hydrogens (tertiary/aromatic N) is 3. The van der Waals surface area contributed by atoms with E-state index in [2.05, 4.69) is 18.9 Å². The molecule has 0 N–H and O–H groups in total. The summed E-state index contributed by atoms with van der Waals surface area (Å²) in [6, 6.07) is 7.94. The smallest absolute Gasteiger partial charge is 0.263 e. The molecule has 0 spiro atoms. The lowest BCUT2D eigenvalue weighted by Crippen LogP contribution is -2.36. The first-order valence-corrected chi connectivity index (χ1v) is 10.1. The van der Waals surface area contributed by atoms with Gasteiger partial charge in [0.25, 0.3) is 5.56 Å². The lowest BCUT2D eigenvalue weighted by Gasteiger charge is -2.31. The zero-order valence-electron chi connectivity index (χ0n) is 15.3. The normalized spacial score (nSPS) is 16.5. The summed E-state index contributed by atoms with van der Waals surface area (Å²) in [4.78, 5) is 22.6. The van der Waals surface area contributed by atoms with Gasteiger partial charge in [-0.25, -0.2) is 4.98 Å². The fraction of sp³-hybridized carbons (Fsp3) is 0.400. The fourth-order valence-electron chi connectivity index (χ4n) is 3.92. The fourth-order valence-corrected chi connectivity index (χ4v) is 5.13. The molecule has 1 fully saturated rings. The molecule has 1 saturated heterocycles. The second-order valence-corrected chi connectivity index (χ2v) is 8.73. The molecule has 0 atom stereocenters. The van der Waals surface area contributed by atoms with Gasteiger partial charge in [0, 0.05) is 21.5 Å². The third kappa shape index (κ3) is 2.98. The summed E-state index contributed by atoms with van der Waals surface area (Å²) in [5.74, 6) is 0.820. The molecule has 26 heavy (non-hydrogen) atoms. The zero-order chi connectivity index (χ0) is 18.4. The Morgan fingerprint density at radius 2 is 1.81 bits per heavy atom. The van der Waals surface area contributed by atoms with Crippen LogP contribution in [0, 0.1) is 13.8 Å². The largest absolute Gasteiger partial charge is 0.306 e. The highest BCUT2D eigenvalue weighted by Crippen LogP contribution is 2.36. The maximum Gasteiger partial charge on any atom is 0.263 e. The van der Waals surface area contributed by atoms with Crippen molar-refractivity contribution in [1.29, 1.82) is 0 Å². The molecule has 0 bridgehead atoms. The molecule has 0 saturated carbocycles. The van der Waals surface area contributed by atoms with Crippen molar-refractivity contribution in [3.05, 3.63) is 50.3 Å². The SMILES string of the molecule is Cc1sc2nc(C)n(C3CCN(C)CC3)c(=O)c2c1-c1ccc(Cl)cc1. The Bertz CT molecular complexity index is 1010. The van der Waals surface area contributed by atoms with Gasteiger partial charge in [0.05, 0.1) is 5.39 Å². The van der Waals surface area contributed by atoms with E-state index in [1.54, 1.807) is 11.3 Å². The second-order valence-electron chi connectivity index (χ2n) is 7.09. The van der Waals surface area contributed by atoms with E-state index in [0.29, 0.717) is 5.02 Å². The third-order valence-corrected chi connectivity index (χ3v) is 6.55. The number of hydrogen-bond acceptors (Lipinski definition) is 4. The van der Waals surface area contributed by atoms with Gasteiger partial charge in [-0.1, -0.05) is 23.7 Å². The summed E-state index contributed by atoms with van der Waals surface area (Å²) >= 11 is 7.64. The van der Waals surface area contributed by atoms with Crippen LogP contribution in [0.15, 0.2) is 29.1 Å². The maximum atomic E-state index is 13.5. The molecule has 4 nitrogen and oxygen atoms in total. The molecule has 6 heteroatoms. The quantitative estimate of drug-likeness (QED) is 0.641. The van der Waals surface area contributed by atoms with Crippen molar-refractivity contribution in [1.82, 2.24) is 14.5 Å². The molecule has 2 aromatic heterocycles. The second kappa shape index (κ2) is 6.80. The summed E-state index contributed by atoms with van der Waals surface area (Å²) in [6.45, 7) is 6.05. The molecule has 3 aromatic rings. The Morgan fingerprint density at radius 3 is 2.46 bits per heavy atom. The molecule has 3 heterocycles. The van der Waals surface area contributed by atoms with E-state index in [-0.39, 0.29) is 11.6 Å². The van der Waals surface area contributed by atoms with Crippen LogP contribution in [0.3, 0.4) is 0 Å². The van der Waals surface area contributed by atoms with Gasteiger partial charge in [-0.3, -0.25) is 9.36 Å². The Balaban J connectivity index is 1.92. The molecule has 1 aromatic carbocycles. The van der Waals surface area contributed by atoms with Gasteiger partial charge in [0.2, 0.25) is 0 Å². The highest BCUT2D eigenvalue weighted by Gasteiger charge is 2.24. The minimum atomic E-state index is 0.0938. The van der Waals surface area contributed by atoms with Crippen LogP contribution >= 0.6 is 22.9 Å². The lowest BCUT2D eigenvalue weighted by atomic mass is 10.0. The van der Waals surface area contributed by atoms with Crippen molar-refractivity contribution in [2.45, 2.75) is 32.7 Å². The van der Waals surface area contributed by atoms with E-state index < -0.39 is 0 Å².